The smallest absolute Gasteiger partial charge is 0.329 e. The lowest BCUT2D eigenvalue weighted by atomic mass is 10.3. The molecule has 0 amide bonds. The van der Waals surface area contributed by atoms with Gasteiger partial charge in [-0.1, -0.05) is 12.1 Å². The van der Waals surface area contributed by atoms with E-state index in [1.165, 1.54) is 34.7 Å². The van der Waals surface area contributed by atoms with Gasteiger partial charge in [-0.3, -0.25) is 14.3 Å². The van der Waals surface area contributed by atoms with Crippen molar-refractivity contribution >= 4 is 39.1 Å². The highest BCUT2D eigenvalue weighted by atomic mass is 32.2. The second-order valence-corrected chi connectivity index (χ2v) is 6.37. The number of thiazole rings is 1. The Labute approximate surface area is 121 Å². The zero-order valence-electron chi connectivity index (χ0n) is 10.4. The van der Waals surface area contributed by atoms with Crippen LogP contribution in [0, 0.1) is 0 Å². The predicted molar refractivity (Wildman–Crippen MR) is 80.5 cm³/mol. The Morgan fingerprint density at radius 3 is 2.85 bits per heavy atom. The Balaban J connectivity index is 2.09. The van der Waals surface area contributed by atoms with Crippen molar-refractivity contribution in [2.75, 3.05) is 5.73 Å². The first-order chi connectivity index (χ1) is 9.56. The van der Waals surface area contributed by atoms with Gasteiger partial charge < -0.3 is 5.73 Å². The molecule has 8 heteroatoms. The Bertz CT molecular complexity index is 877. The van der Waals surface area contributed by atoms with Crippen LogP contribution in [0.2, 0.25) is 0 Å². The molecule has 6 nitrogen and oxygen atoms in total. The van der Waals surface area contributed by atoms with Gasteiger partial charge in [0.25, 0.3) is 5.56 Å². The standard InChI is InChI=1S/C12H10N4O2S2/c1-16-9(13)8(10(17)15-11(16)18)20-12-14-6-4-2-3-5-7(6)19-12/h2-5H,13H2,1H3,(H,15,17,18). The molecule has 0 saturated carbocycles. The zero-order valence-corrected chi connectivity index (χ0v) is 12.0. The Hall–Kier alpha value is -2.06. The number of benzene rings is 1. The summed E-state index contributed by atoms with van der Waals surface area (Å²) in [6.45, 7) is 0. The van der Waals surface area contributed by atoms with Crippen molar-refractivity contribution in [3.63, 3.8) is 0 Å². The normalized spacial score (nSPS) is 11.1. The van der Waals surface area contributed by atoms with Gasteiger partial charge in [-0.15, -0.1) is 11.3 Å². The second kappa shape index (κ2) is 4.80. The summed E-state index contributed by atoms with van der Waals surface area (Å²) in [5.41, 5.74) is 5.68. The number of nitrogen functional groups attached to an aromatic ring is 1. The van der Waals surface area contributed by atoms with Crippen molar-refractivity contribution in [2.45, 2.75) is 9.24 Å². The predicted octanol–water partition coefficient (Wildman–Crippen LogP) is 1.42. The van der Waals surface area contributed by atoms with Gasteiger partial charge in [0.1, 0.15) is 10.7 Å². The van der Waals surface area contributed by atoms with Gasteiger partial charge in [0.15, 0.2) is 4.34 Å². The third-order valence-electron chi connectivity index (χ3n) is 2.79. The van der Waals surface area contributed by atoms with Crippen molar-refractivity contribution in [1.29, 1.82) is 0 Å². The highest BCUT2D eigenvalue weighted by Crippen LogP contribution is 2.34. The van der Waals surface area contributed by atoms with Gasteiger partial charge in [-0.2, -0.15) is 0 Å². The fourth-order valence-electron chi connectivity index (χ4n) is 1.70. The van der Waals surface area contributed by atoms with Crippen LogP contribution in [0.15, 0.2) is 43.1 Å². The highest BCUT2D eigenvalue weighted by molar-refractivity contribution is 8.01. The number of anilines is 1. The summed E-state index contributed by atoms with van der Waals surface area (Å²) in [5, 5.41) is 0. The summed E-state index contributed by atoms with van der Waals surface area (Å²) >= 11 is 2.64. The molecule has 3 N–H and O–H groups in total. The van der Waals surface area contributed by atoms with Crippen molar-refractivity contribution in [2.24, 2.45) is 7.05 Å². The molecule has 0 saturated heterocycles. The number of hydrogen-bond acceptors (Lipinski definition) is 6. The number of nitrogens with zero attached hydrogens (tertiary/aromatic N) is 2. The van der Waals surface area contributed by atoms with Gasteiger partial charge in [0.05, 0.1) is 10.2 Å². The van der Waals surface area contributed by atoms with Crippen LogP contribution >= 0.6 is 23.1 Å². The molecule has 20 heavy (non-hydrogen) atoms. The van der Waals surface area contributed by atoms with E-state index in [4.69, 9.17) is 5.73 Å². The first kappa shape index (κ1) is 12.9. The third kappa shape index (κ3) is 2.12. The zero-order chi connectivity index (χ0) is 14.3. The van der Waals surface area contributed by atoms with E-state index >= 15 is 0 Å². The van der Waals surface area contributed by atoms with Gasteiger partial charge in [-0.05, 0) is 23.9 Å². The highest BCUT2D eigenvalue weighted by Gasteiger charge is 2.14. The molecule has 102 valence electrons. The van der Waals surface area contributed by atoms with Gasteiger partial charge in [0, 0.05) is 7.05 Å². The van der Waals surface area contributed by atoms with Crippen LogP contribution in [0.1, 0.15) is 0 Å². The molecule has 0 bridgehead atoms. The number of nitrogens with one attached hydrogen (secondary N) is 1. The molecule has 2 aromatic heterocycles. The number of aromatic amines is 1. The maximum absolute atomic E-state index is 11.8. The molecule has 3 rings (SSSR count). The maximum atomic E-state index is 11.8. The Morgan fingerprint density at radius 1 is 1.35 bits per heavy atom. The summed E-state index contributed by atoms with van der Waals surface area (Å²) in [5.74, 6) is 0.142. The van der Waals surface area contributed by atoms with Crippen LogP contribution in [0.5, 0.6) is 0 Å². The van der Waals surface area contributed by atoms with Crippen LogP contribution in [-0.2, 0) is 7.05 Å². The van der Waals surface area contributed by atoms with Crippen molar-refractivity contribution < 1.29 is 0 Å². The molecule has 0 fully saturated rings. The van der Waals surface area contributed by atoms with Crippen LogP contribution < -0.4 is 17.0 Å². The fraction of sp³-hybridized carbons (Fsp3) is 0.0833. The molecule has 0 aliphatic carbocycles. The summed E-state index contributed by atoms with van der Waals surface area (Å²) in [4.78, 5) is 30.2. The number of H-pyrrole nitrogens is 1. The lowest BCUT2D eigenvalue weighted by Crippen LogP contribution is -2.31. The van der Waals surface area contributed by atoms with Crippen LogP contribution in [0.25, 0.3) is 10.2 Å². The third-order valence-corrected chi connectivity index (χ3v) is 4.98. The van der Waals surface area contributed by atoms with Gasteiger partial charge >= 0.3 is 5.69 Å². The van der Waals surface area contributed by atoms with E-state index in [0.717, 1.165) is 10.2 Å². The van der Waals surface area contributed by atoms with E-state index < -0.39 is 11.2 Å². The molecule has 0 unspecified atom stereocenters. The molecular formula is C12H10N4O2S2. The van der Waals surface area contributed by atoms with Crippen molar-refractivity contribution in [3.8, 4) is 0 Å². The number of para-hydroxylation sites is 1. The van der Waals surface area contributed by atoms with Crippen molar-refractivity contribution in [3.05, 3.63) is 45.1 Å². The second-order valence-electron chi connectivity index (χ2n) is 4.08. The lowest BCUT2D eigenvalue weighted by Gasteiger charge is -2.05. The number of nitrogens with two attached hydrogens (primary N) is 1. The SMILES string of the molecule is Cn1c(N)c(Sc2nc3ccccc3s2)c(=O)[nH]c1=O. The Morgan fingerprint density at radius 2 is 2.10 bits per heavy atom. The summed E-state index contributed by atoms with van der Waals surface area (Å²) in [6.07, 6.45) is 0. The van der Waals surface area contributed by atoms with Crippen molar-refractivity contribution in [1.82, 2.24) is 14.5 Å². The molecule has 0 aliphatic rings. The minimum atomic E-state index is -0.527. The van der Waals surface area contributed by atoms with Crippen LogP contribution in [0.4, 0.5) is 5.82 Å². The molecular weight excluding hydrogens is 296 g/mol. The lowest BCUT2D eigenvalue weighted by molar-refractivity contribution is 0.788. The first-order valence-corrected chi connectivity index (χ1v) is 7.32. The quantitative estimate of drug-likeness (QED) is 0.746. The number of rotatable bonds is 2. The molecule has 0 spiro atoms. The summed E-state index contributed by atoms with van der Waals surface area (Å²) in [7, 11) is 1.51. The Kier molecular flexibility index (Phi) is 3.11. The molecule has 2 heterocycles. The fourth-order valence-corrected chi connectivity index (χ4v) is 3.78. The minimum Gasteiger partial charge on any atom is -0.384 e. The van der Waals surface area contributed by atoms with E-state index in [2.05, 4.69) is 9.97 Å². The number of fused-ring (bicyclic) bond motifs is 1. The van der Waals surface area contributed by atoms with E-state index in [1.807, 2.05) is 24.3 Å². The molecule has 1 aromatic carbocycles. The van der Waals surface area contributed by atoms with Crippen LogP contribution in [0.3, 0.4) is 0 Å². The van der Waals surface area contributed by atoms with E-state index in [-0.39, 0.29) is 10.7 Å². The molecule has 0 atom stereocenters. The topological polar surface area (TPSA) is 93.8 Å². The maximum Gasteiger partial charge on any atom is 0.329 e. The summed E-state index contributed by atoms with van der Waals surface area (Å²) in [6, 6.07) is 7.71. The van der Waals surface area contributed by atoms with Gasteiger partial charge in [-0.25, -0.2) is 9.78 Å². The average Bonchev–Trinajstić information content (AvgIpc) is 2.83. The molecule has 3 aromatic rings. The first-order valence-electron chi connectivity index (χ1n) is 5.68. The minimum absolute atomic E-state index is 0.142. The largest absolute Gasteiger partial charge is 0.384 e. The van der Waals surface area contributed by atoms with E-state index in [1.54, 1.807) is 0 Å². The molecule has 0 aliphatic heterocycles. The number of hydrogen-bond donors (Lipinski definition) is 2. The molecule has 0 radical (unpaired) electrons. The van der Waals surface area contributed by atoms with Gasteiger partial charge in [0.2, 0.25) is 0 Å². The monoisotopic (exact) mass is 306 g/mol. The number of aromatic nitrogens is 3. The van der Waals surface area contributed by atoms with Crippen LogP contribution in [-0.4, -0.2) is 14.5 Å². The van der Waals surface area contributed by atoms with E-state index in [9.17, 15) is 9.59 Å². The van der Waals surface area contributed by atoms with E-state index in [0.29, 0.717) is 4.34 Å². The average molecular weight is 306 g/mol. The summed E-state index contributed by atoms with van der Waals surface area (Å²) < 4.78 is 2.95.